The third-order valence-electron chi connectivity index (χ3n) is 3.81. The number of hydrogen-bond acceptors (Lipinski definition) is 3. The standard InChI is InChI=1S/C17H30N2O/c1-5-19(8-6-10-20)9-7-17(18-4)16-12-14(2)11-15(3)13-16/h11-13,17-18,20H,5-10H2,1-4H3. The Morgan fingerprint density at radius 2 is 1.80 bits per heavy atom. The van der Waals surface area contributed by atoms with E-state index in [9.17, 15) is 0 Å². The number of rotatable bonds is 9. The molecule has 0 aliphatic heterocycles. The van der Waals surface area contributed by atoms with E-state index in [1.807, 2.05) is 7.05 Å². The first kappa shape index (κ1) is 17.2. The molecule has 1 unspecified atom stereocenters. The van der Waals surface area contributed by atoms with Crippen molar-refractivity contribution in [2.24, 2.45) is 0 Å². The lowest BCUT2D eigenvalue weighted by Crippen LogP contribution is -2.29. The van der Waals surface area contributed by atoms with Crippen molar-refractivity contribution < 1.29 is 5.11 Å². The average Bonchev–Trinajstić information content (AvgIpc) is 2.41. The summed E-state index contributed by atoms with van der Waals surface area (Å²) in [6.45, 7) is 9.87. The Balaban J connectivity index is 2.62. The first-order valence-corrected chi connectivity index (χ1v) is 7.69. The number of nitrogens with zero attached hydrogens (tertiary/aromatic N) is 1. The van der Waals surface area contributed by atoms with E-state index in [-0.39, 0.29) is 6.61 Å². The van der Waals surface area contributed by atoms with Crippen LogP contribution in [0.4, 0.5) is 0 Å². The Morgan fingerprint density at radius 1 is 1.15 bits per heavy atom. The van der Waals surface area contributed by atoms with Gasteiger partial charge in [0.25, 0.3) is 0 Å². The minimum absolute atomic E-state index is 0.281. The smallest absolute Gasteiger partial charge is 0.0443 e. The van der Waals surface area contributed by atoms with Crippen LogP contribution in [-0.2, 0) is 0 Å². The zero-order valence-electron chi connectivity index (χ0n) is 13.4. The van der Waals surface area contributed by atoms with E-state index in [0.29, 0.717) is 6.04 Å². The second-order valence-corrected chi connectivity index (χ2v) is 5.56. The van der Waals surface area contributed by atoms with Gasteiger partial charge in [0.1, 0.15) is 0 Å². The van der Waals surface area contributed by atoms with Crippen molar-refractivity contribution >= 4 is 0 Å². The summed E-state index contributed by atoms with van der Waals surface area (Å²) in [6, 6.07) is 7.17. The lowest BCUT2D eigenvalue weighted by atomic mass is 9.99. The topological polar surface area (TPSA) is 35.5 Å². The normalized spacial score (nSPS) is 12.9. The molecule has 3 heteroatoms. The molecule has 0 fully saturated rings. The number of aliphatic hydroxyl groups is 1. The third-order valence-corrected chi connectivity index (χ3v) is 3.81. The molecular weight excluding hydrogens is 248 g/mol. The van der Waals surface area contributed by atoms with Crippen molar-refractivity contribution in [3.05, 3.63) is 34.9 Å². The van der Waals surface area contributed by atoms with Crippen LogP contribution in [0.5, 0.6) is 0 Å². The summed E-state index contributed by atoms with van der Waals surface area (Å²) >= 11 is 0. The van der Waals surface area contributed by atoms with Gasteiger partial charge in [-0.25, -0.2) is 0 Å². The summed E-state index contributed by atoms with van der Waals surface area (Å²) in [4.78, 5) is 2.41. The molecular formula is C17H30N2O. The Labute approximate surface area is 124 Å². The second kappa shape index (κ2) is 9.11. The van der Waals surface area contributed by atoms with Crippen molar-refractivity contribution in [2.45, 2.75) is 39.7 Å². The molecule has 0 heterocycles. The monoisotopic (exact) mass is 278 g/mol. The maximum atomic E-state index is 8.93. The molecule has 0 bridgehead atoms. The van der Waals surface area contributed by atoms with Gasteiger partial charge in [0, 0.05) is 19.2 Å². The van der Waals surface area contributed by atoms with Gasteiger partial charge in [-0.3, -0.25) is 0 Å². The van der Waals surface area contributed by atoms with Gasteiger partial charge in [0.2, 0.25) is 0 Å². The first-order valence-electron chi connectivity index (χ1n) is 7.69. The number of benzene rings is 1. The highest BCUT2D eigenvalue weighted by molar-refractivity contribution is 5.30. The zero-order chi connectivity index (χ0) is 15.0. The van der Waals surface area contributed by atoms with Crippen LogP contribution in [0.2, 0.25) is 0 Å². The molecule has 0 saturated heterocycles. The summed E-state index contributed by atoms with van der Waals surface area (Å²) < 4.78 is 0. The van der Waals surface area contributed by atoms with Gasteiger partial charge >= 0.3 is 0 Å². The lowest BCUT2D eigenvalue weighted by Gasteiger charge is -2.24. The predicted octanol–water partition coefficient (Wildman–Crippen LogP) is 2.66. The van der Waals surface area contributed by atoms with Crippen molar-refractivity contribution in [3.8, 4) is 0 Å². The Morgan fingerprint density at radius 3 is 2.30 bits per heavy atom. The summed E-state index contributed by atoms with van der Waals surface area (Å²) in [5, 5.41) is 12.4. The second-order valence-electron chi connectivity index (χ2n) is 5.56. The maximum absolute atomic E-state index is 8.93. The third kappa shape index (κ3) is 5.61. The molecule has 1 atom stereocenters. The van der Waals surface area contributed by atoms with E-state index in [2.05, 4.69) is 49.2 Å². The summed E-state index contributed by atoms with van der Waals surface area (Å²) in [6.07, 6.45) is 1.96. The van der Waals surface area contributed by atoms with Gasteiger partial charge < -0.3 is 15.3 Å². The molecule has 1 rings (SSSR count). The molecule has 2 N–H and O–H groups in total. The molecule has 114 valence electrons. The predicted molar refractivity (Wildman–Crippen MR) is 86.2 cm³/mol. The lowest BCUT2D eigenvalue weighted by molar-refractivity contribution is 0.223. The van der Waals surface area contributed by atoms with E-state index < -0.39 is 0 Å². The SMILES string of the molecule is CCN(CCCO)CCC(NC)c1cc(C)cc(C)c1. The van der Waals surface area contributed by atoms with Crippen molar-refractivity contribution in [2.75, 3.05) is 33.3 Å². The highest BCUT2D eigenvalue weighted by Crippen LogP contribution is 2.20. The van der Waals surface area contributed by atoms with Crippen molar-refractivity contribution in [3.63, 3.8) is 0 Å². The van der Waals surface area contributed by atoms with Crippen LogP contribution in [0.15, 0.2) is 18.2 Å². The van der Waals surface area contributed by atoms with Gasteiger partial charge in [-0.1, -0.05) is 36.2 Å². The Hall–Kier alpha value is -0.900. The molecule has 0 aliphatic rings. The van der Waals surface area contributed by atoms with E-state index in [0.717, 1.165) is 32.5 Å². The minimum atomic E-state index is 0.281. The quantitative estimate of drug-likeness (QED) is 0.729. The fourth-order valence-electron chi connectivity index (χ4n) is 2.72. The van der Waals surface area contributed by atoms with Crippen LogP contribution in [0.1, 0.15) is 42.5 Å². The average molecular weight is 278 g/mol. The summed E-state index contributed by atoms with van der Waals surface area (Å²) in [5.41, 5.74) is 4.03. The van der Waals surface area contributed by atoms with Gasteiger partial charge in [-0.05, 0) is 52.4 Å². The molecule has 0 spiro atoms. The van der Waals surface area contributed by atoms with Crippen molar-refractivity contribution in [1.82, 2.24) is 10.2 Å². The molecule has 1 aromatic carbocycles. The fourth-order valence-corrected chi connectivity index (χ4v) is 2.72. The summed E-state index contributed by atoms with van der Waals surface area (Å²) in [5.74, 6) is 0. The zero-order valence-corrected chi connectivity index (χ0v) is 13.4. The first-order chi connectivity index (χ1) is 9.60. The van der Waals surface area contributed by atoms with E-state index in [1.54, 1.807) is 0 Å². The number of aryl methyl sites for hydroxylation is 2. The molecule has 0 amide bonds. The van der Waals surface area contributed by atoms with Crippen LogP contribution in [-0.4, -0.2) is 43.3 Å². The molecule has 0 radical (unpaired) electrons. The van der Waals surface area contributed by atoms with E-state index in [4.69, 9.17) is 5.11 Å². The van der Waals surface area contributed by atoms with Crippen LogP contribution < -0.4 is 5.32 Å². The number of aliphatic hydroxyl groups excluding tert-OH is 1. The van der Waals surface area contributed by atoms with Gasteiger partial charge in [0.05, 0.1) is 0 Å². The van der Waals surface area contributed by atoms with Gasteiger partial charge in [0.15, 0.2) is 0 Å². The molecule has 20 heavy (non-hydrogen) atoms. The largest absolute Gasteiger partial charge is 0.396 e. The minimum Gasteiger partial charge on any atom is -0.396 e. The van der Waals surface area contributed by atoms with Crippen molar-refractivity contribution in [1.29, 1.82) is 0 Å². The van der Waals surface area contributed by atoms with Crippen LogP contribution in [0, 0.1) is 13.8 Å². The van der Waals surface area contributed by atoms with Crippen LogP contribution in [0.25, 0.3) is 0 Å². The van der Waals surface area contributed by atoms with Crippen LogP contribution in [0.3, 0.4) is 0 Å². The summed E-state index contributed by atoms with van der Waals surface area (Å²) in [7, 11) is 2.03. The molecule has 0 saturated carbocycles. The number of nitrogens with one attached hydrogen (secondary N) is 1. The Bertz CT molecular complexity index is 372. The number of hydrogen-bond donors (Lipinski definition) is 2. The highest BCUT2D eigenvalue weighted by Gasteiger charge is 2.12. The Kier molecular flexibility index (Phi) is 7.82. The maximum Gasteiger partial charge on any atom is 0.0443 e. The van der Waals surface area contributed by atoms with Gasteiger partial charge in [-0.15, -0.1) is 0 Å². The van der Waals surface area contributed by atoms with E-state index in [1.165, 1.54) is 16.7 Å². The molecule has 0 aromatic heterocycles. The molecule has 3 nitrogen and oxygen atoms in total. The van der Waals surface area contributed by atoms with Gasteiger partial charge in [-0.2, -0.15) is 0 Å². The molecule has 1 aromatic rings. The fraction of sp³-hybridized carbons (Fsp3) is 0.647. The van der Waals surface area contributed by atoms with Crippen LogP contribution >= 0.6 is 0 Å². The highest BCUT2D eigenvalue weighted by atomic mass is 16.3. The molecule has 0 aliphatic carbocycles. The van der Waals surface area contributed by atoms with E-state index >= 15 is 0 Å².